The third-order valence-corrected chi connectivity index (χ3v) is 3.55. The van der Waals surface area contributed by atoms with Crippen LogP contribution in [0.2, 0.25) is 0 Å². The molecule has 1 aliphatic heterocycles. The van der Waals surface area contributed by atoms with Crippen molar-refractivity contribution in [2.45, 2.75) is 19.3 Å². The summed E-state index contributed by atoms with van der Waals surface area (Å²) in [7, 11) is 0. The van der Waals surface area contributed by atoms with Crippen LogP contribution in [0.4, 0.5) is 11.5 Å². The summed E-state index contributed by atoms with van der Waals surface area (Å²) in [5.41, 5.74) is 8.54. The fourth-order valence-corrected chi connectivity index (χ4v) is 2.63. The van der Waals surface area contributed by atoms with Crippen LogP contribution in [0.3, 0.4) is 0 Å². The zero-order valence-corrected chi connectivity index (χ0v) is 11.2. The molecule has 0 saturated heterocycles. The Morgan fingerprint density at radius 3 is 2.80 bits per heavy atom. The van der Waals surface area contributed by atoms with Gasteiger partial charge in [-0.25, -0.2) is 9.97 Å². The molecule has 0 aliphatic carbocycles. The minimum Gasteiger partial charge on any atom is -0.382 e. The fourth-order valence-electron chi connectivity index (χ4n) is 2.63. The highest BCUT2D eigenvalue weighted by molar-refractivity contribution is 5.98. The Morgan fingerprint density at radius 1 is 1.15 bits per heavy atom. The number of anilines is 2. The van der Waals surface area contributed by atoms with Crippen LogP contribution in [0.25, 0.3) is 0 Å². The van der Waals surface area contributed by atoms with Crippen LogP contribution in [0.5, 0.6) is 0 Å². The highest BCUT2D eigenvalue weighted by Gasteiger charge is 2.21. The Hall–Kier alpha value is -2.43. The summed E-state index contributed by atoms with van der Waals surface area (Å²) in [5.74, 6) is 0.629. The number of nitrogens with zero attached hydrogens (tertiary/aromatic N) is 3. The largest absolute Gasteiger partial charge is 0.382 e. The van der Waals surface area contributed by atoms with Gasteiger partial charge in [0.15, 0.2) is 5.82 Å². The van der Waals surface area contributed by atoms with Gasteiger partial charge in [0.1, 0.15) is 11.5 Å². The first-order chi connectivity index (χ1) is 9.77. The Balaban J connectivity index is 2.13. The second-order valence-corrected chi connectivity index (χ2v) is 4.88. The van der Waals surface area contributed by atoms with E-state index in [0.29, 0.717) is 11.5 Å². The van der Waals surface area contributed by atoms with E-state index in [1.54, 1.807) is 12.4 Å². The van der Waals surface area contributed by atoms with Gasteiger partial charge in [0.2, 0.25) is 0 Å². The smallest absolute Gasteiger partial charge is 0.162 e. The molecule has 0 bridgehead atoms. The average molecular weight is 267 g/mol. The van der Waals surface area contributed by atoms with Crippen LogP contribution in [0, 0.1) is 5.41 Å². The average Bonchev–Trinajstić information content (AvgIpc) is 2.69. The van der Waals surface area contributed by atoms with E-state index in [1.807, 2.05) is 6.07 Å². The maximum Gasteiger partial charge on any atom is 0.162 e. The van der Waals surface area contributed by atoms with E-state index >= 15 is 0 Å². The van der Waals surface area contributed by atoms with Crippen molar-refractivity contribution >= 4 is 17.3 Å². The lowest BCUT2D eigenvalue weighted by Gasteiger charge is -2.25. The Morgan fingerprint density at radius 2 is 1.95 bits per heavy atom. The molecule has 0 radical (unpaired) electrons. The van der Waals surface area contributed by atoms with Gasteiger partial charge in [-0.3, -0.25) is 5.41 Å². The molecule has 0 amide bonds. The summed E-state index contributed by atoms with van der Waals surface area (Å²) in [5, 5.41) is 7.68. The van der Waals surface area contributed by atoms with Crippen molar-refractivity contribution in [3.8, 4) is 0 Å². The summed E-state index contributed by atoms with van der Waals surface area (Å²) in [6.45, 7) is 0.871. The Bertz CT molecular complexity index is 638. The third kappa shape index (κ3) is 2.22. The quantitative estimate of drug-likeness (QED) is 0.646. The van der Waals surface area contributed by atoms with Gasteiger partial charge in [0, 0.05) is 24.6 Å². The SMILES string of the molecule is N=C(N)c1nccnc1N1CCCCc2ccccc21. The van der Waals surface area contributed by atoms with E-state index in [0.717, 1.165) is 31.5 Å². The van der Waals surface area contributed by atoms with Gasteiger partial charge in [0.05, 0.1) is 0 Å². The van der Waals surface area contributed by atoms with Crippen molar-refractivity contribution < 1.29 is 0 Å². The molecule has 2 heterocycles. The first kappa shape index (κ1) is 12.6. The van der Waals surface area contributed by atoms with Crippen molar-refractivity contribution in [2.75, 3.05) is 11.4 Å². The molecule has 1 aliphatic rings. The molecule has 1 aromatic heterocycles. The van der Waals surface area contributed by atoms with Crippen molar-refractivity contribution in [2.24, 2.45) is 5.73 Å². The molecule has 1 aromatic carbocycles. The molecule has 0 spiro atoms. The van der Waals surface area contributed by atoms with E-state index in [9.17, 15) is 0 Å². The Kier molecular flexibility index (Phi) is 3.33. The molecule has 3 N–H and O–H groups in total. The predicted molar refractivity (Wildman–Crippen MR) is 79.4 cm³/mol. The molecule has 0 unspecified atom stereocenters. The summed E-state index contributed by atoms with van der Waals surface area (Å²) < 4.78 is 0. The first-order valence-corrected chi connectivity index (χ1v) is 6.78. The third-order valence-electron chi connectivity index (χ3n) is 3.55. The van der Waals surface area contributed by atoms with Gasteiger partial charge >= 0.3 is 0 Å². The van der Waals surface area contributed by atoms with E-state index < -0.39 is 0 Å². The van der Waals surface area contributed by atoms with Crippen LogP contribution in [-0.4, -0.2) is 22.3 Å². The number of aryl methyl sites for hydroxylation is 1. The van der Waals surface area contributed by atoms with Gasteiger partial charge in [-0.2, -0.15) is 0 Å². The molecule has 5 nitrogen and oxygen atoms in total. The maximum atomic E-state index is 7.68. The van der Waals surface area contributed by atoms with E-state index in [4.69, 9.17) is 11.1 Å². The second kappa shape index (κ2) is 5.28. The molecular weight excluding hydrogens is 250 g/mol. The number of nitrogens with one attached hydrogen (secondary N) is 1. The van der Waals surface area contributed by atoms with Crippen LogP contribution in [0.1, 0.15) is 24.1 Å². The summed E-state index contributed by atoms with van der Waals surface area (Å²) in [4.78, 5) is 10.7. The van der Waals surface area contributed by atoms with Crippen LogP contribution in [-0.2, 0) is 6.42 Å². The number of nitrogens with two attached hydrogens (primary N) is 1. The Labute approximate surface area is 118 Å². The topological polar surface area (TPSA) is 78.9 Å². The highest BCUT2D eigenvalue weighted by atomic mass is 15.2. The van der Waals surface area contributed by atoms with Crippen molar-refractivity contribution in [3.63, 3.8) is 0 Å². The van der Waals surface area contributed by atoms with E-state index in [-0.39, 0.29) is 5.84 Å². The summed E-state index contributed by atoms with van der Waals surface area (Å²) >= 11 is 0. The minimum atomic E-state index is -0.0465. The number of para-hydroxylation sites is 1. The van der Waals surface area contributed by atoms with Crippen LogP contribution < -0.4 is 10.6 Å². The predicted octanol–water partition coefficient (Wildman–Crippen LogP) is 2.24. The number of rotatable bonds is 2. The van der Waals surface area contributed by atoms with Gasteiger partial charge in [-0.15, -0.1) is 0 Å². The molecule has 0 atom stereocenters. The normalized spacial score (nSPS) is 14.5. The first-order valence-electron chi connectivity index (χ1n) is 6.78. The molecular formula is C15H17N5. The van der Waals surface area contributed by atoms with Gasteiger partial charge in [0.25, 0.3) is 0 Å². The molecule has 3 rings (SSSR count). The van der Waals surface area contributed by atoms with Crippen LogP contribution >= 0.6 is 0 Å². The molecule has 2 aromatic rings. The monoisotopic (exact) mass is 267 g/mol. The lowest BCUT2D eigenvalue weighted by molar-refractivity contribution is 0.756. The fraction of sp³-hybridized carbons (Fsp3) is 0.267. The number of benzene rings is 1. The molecule has 0 fully saturated rings. The van der Waals surface area contributed by atoms with E-state index in [1.165, 1.54) is 5.56 Å². The van der Waals surface area contributed by atoms with Crippen molar-refractivity contribution in [1.29, 1.82) is 5.41 Å². The number of hydrogen-bond donors (Lipinski definition) is 2. The summed E-state index contributed by atoms with van der Waals surface area (Å²) in [6.07, 6.45) is 6.54. The number of fused-ring (bicyclic) bond motifs is 1. The minimum absolute atomic E-state index is 0.0465. The lowest BCUT2D eigenvalue weighted by atomic mass is 10.1. The molecule has 102 valence electrons. The second-order valence-electron chi connectivity index (χ2n) is 4.88. The van der Waals surface area contributed by atoms with Crippen molar-refractivity contribution in [3.05, 3.63) is 47.9 Å². The summed E-state index contributed by atoms with van der Waals surface area (Å²) in [6, 6.07) is 8.34. The maximum absolute atomic E-state index is 7.68. The van der Waals surface area contributed by atoms with Gasteiger partial charge < -0.3 is 10.6 Å². The van der Waals surface area contributed by atoms with Crippen molar-refractivity contribution in [1.82, 2.24) is 9.97 Å². The lowest BCUT2D eigenvalue weighted by Crippen LogP contribution is -2.25. The highest BCUT2D eigenvalue weighted by Crippen LogP contribution is 2.32. The van der Waals surface area contributed by atoms with E-state index in [2.05, 4.69) is 33.1 Å². The number of amidine groups is 1. The van der Waals surface area contributed by atoms with Gasteiger partial charge in [-0.05, 0) is 30.9 Å². The number of aromatic nitrogens is 2. The number of nitrogen functional groups attached to an aromatic ring is 1. The molecule has 20 heavy (non-hydrogen) atoms. The number of hydrogen-bond acceptors (Lipinski definition) is 4. The van der Waals surface area contributed by atoms with Gasteiger partial charge in [-0.1, -0.05) is 18.2 Å². The molecule has 0 saturated carbocycles. The van der Waals surface area contributed by atoms with Crippen LogP contribution in [0.15, 0.2) is 36.7 Å². The standard InChI is InChI=1S/C15H17N5/c16-14(17)13-15(19-9-8-18-13)20-10-4-3-6-11-5-1-2-7-12(11)20/h1-2,5,7-9H,3-4,6,10H2,(H3,16,17). The zero-order valence-electron chi connectivity index (χ0n) is 11.2. The zero-order chi connectivity index (χ0) is 13.9. The molecule has 5 heteroatoms.